The standard InChI is InChI=1S/C19H20O/c1-4-15-16-8-6-5-7-14(16)9-10-17(15)18-11-12-19(18,20)13(2)3/h4-10,18,20H,1-2,11-12H2,3H3/t18-,19+/m0/s1. The molecule has 0 heterocycles. The lowest BCUT2D eigenvalue weighted by molar-refractivity contribution is -0.0232. The third-order valence-electron chi connectivity index (χ3n) is 4.71. The van der Waals surface area contributed by atoms with E-state index in [4.69, 9.17) is 0 Å². The van der Waals surface area contributed by atoms with Crippen molar-refractivity contribution in [2.24, 2.45) is 0 Å². The average Bonchev–Trinajstić information content (AvgIpc) is 2.44. The van der Waals surface area contributed by atoms with Gasteiger partial charge in [0, 0.05) is 5.92 Å². The van der Waals surface area contributed by atoms with E-state index >= 15 is 0 Å². The Morgan fingerprint density at radius 2 is 2.05 bits per heavy atom. The van der Waals surface area contributed by atoms with Gasteiger partial charge < -0.3 is 5.11 Å². The molecule has 2 atom stereocenters. The van der Waals surface area contributed by atoms with Crippen LogP contribution in [0.3, 0.4) is 0 Å². The monoisotopic (exact) mass is 264 g/mol. The normalized spacial score (nSPS) is 25.2. The van der Waals surface area contributed by atoms with Crippen molar-refractivity contribution in [3.63, 3.8) is 0 Å². The summed E-state index contributed by atoms with van der Waals surface area (Å²) in [5.41, 5.74) is 2.44. The SMILES string of the molecule is C=Cc1c([C@@H]2CC[C@@]2(O)C(=C)C)ccc2ccccc12. The molecule has 0 saturated heterocycles. The molecule has 0 bridgehead atoms. The van der Waals surface area contributed by atoms with Gasteiger partial charge in [-0.05, 0) is 47.2 Å². The number of rotatable bonds is 3. The second-order valence-electron chi connectivity index (χ2n) is 5.79. The fourth-order valence-electron chi connectivity index (χ4n) is 3.33. The summed E-state index contributed by atoms with van der Waals surface area (Å²) in [5.74, 6) is 0.137. The highest BCUT2D eigenvalue weighted by molar-refractivity contribution is 5.92. The van der Waals surface area contributed by atoms with E-state index in [9.17, 15) is 5.11 Å². The van der Waals surface area contributed by atoms with Crippen LogP contribution in [0.2, 0.25) is 0 Å². The Hall–Kier alpha value is -1.86. The molecule has 1 aliphatic rings. The zero-order valence-electron chi connectivity index (χ0n) is 11.9. The van der Waals surface area contributed by atoms with Crippen LogP contribution >= 0.6 is 0 Å². The maximum Gasteiger partial charge on any atom is 0.0920 e. The molecule has 0 radical (unpaired) electrons. The van der Waals surface area contributed by atoms with Crippen molar-refractivity contribution < 1.29 is 5.11 Å². The summed E-state index contributed by atoms with van der Waals surface area (Å²) in [7, 11) is 0. The van der Waals surface area contributed by atoms with Crippen LogP contribution in [0, 0.1) is 0 Å². The first-order chi connectivity index (χ1) is 9.58. The molecule has 1 aliphatic carbocycles. The molecule has 102 valence electrons. The molecular weight excluding hydrogens is 244 g/mol. The molecule has 2 aromatic carbocycles. The molecule has 0 amide bonds. The minimum Gasteiger partial charge on any atom is -0.385 e. The highest BCUT2D eigenvalue weighted by atomic mass is 16.3. The lowest BCUT2D eigenvalue weighted by atomic mass is 9.62. The van der Waals surface area contributed by atoms with Crippen molar-refractivity contribution in [3.05, 3.63) is 66.3 Å². The van der Waals surface area contributed by atoms with Crippen molar-refractivity contribution >= 4 is 16.8 Å². The minimum absolute atomic E-state index is 0.137. The van der Waals surface area contributed by atoms with Crippen molar-refractivity contribution in [3.8, 4) is 0 Å². The van der Waals surface area contributed by atoms with Crippen LogP contribution in [0.25, 0.3) is 16.8 Å². The molecule has 1 fully saturated rings. The van der Waals surface area contributed by atoms with Gasteiger partial charge in [-0.25, -0.2) is 0 Å². The molecule has 1 N–H and O–H groups in total. The third-order valence-corrected chi connectivity index (χ3v) is 4.71. The van der Waals surface area contributed by atoms with Crippen molar-refractivity contribution in [2.45, 2.75) is 31.3 Å². The highest BCUT2D eigenvalue weighted by Gasteiger charge is 2.47. The third kappa shape index (κ3) is 1.74. The zero-order chi connectivity index (χ0) is 14.3. The predicted octanol–water partition coefficient (Wildman–Crippen LogP) is 4.67. The summed E-state index contributed by atoms with van der Waals surface area (Å²) in [4.78, 5) is 0. The van der Waals surface area contributed by atoms with Gasteiger partial charge in [-0.3, -0.25) is 0 Å². The van der Waals surface area contributed by atoms with Crippen molar-refractivity contribution in [1.29, 1.82) is 0 Å². The number of fused-ring (bicyclic) bond motifs is 1. The first-order valence-electron chi connectivity index (χ1n) is 7.10. The Morgan fingerprint density at radius 3 is 2.65 bits per heavy atom. The van der Waals surface area contributed by atoms with Gasteiger partial charge >= 0.3 is 0 Å². The van der Waals surface area contributed by atoms with Gasteiger partial charge in [0.2, 0.25) is 0 Å². The summed E-state index contributed by atoms with van der Waals surface area (Å²) in [6.45, 7) is 9.86. The summed E-state index contributed by atoms with van der Waals surface area (Å²) in [6, 6.07) is 12.6. The van der Waals surface area contributed by atoms with Crippen molar-refractivity contribution in [2.75, 3.05) is 0 Å². The molecule has 1 heteroatoms. The molecule has 0 unspecified atom stereocenters. The molecule has 3 rings (SSSR count). The van der Waals surface area contributed by atoms with Crippen LogP contribution in [-0.2, 0) is 0 Å². The Balaban J connectivity index is 2.18. The fourth-order valence-corrected chi connectivity index (χ4v) is 3.33. The van der Waals surface area contributed by atoms with E-state index in [2.05, 4.69) is 37.4 Å². The topological polar surface area (TPSA) is 20.2 Å². The van der Waals surface area contributed by atoms with Crippen LogP contribution in [0.15, 0.2) is 55.1 Å². The van der Waals surface area contributed by atoms with Gasteiger partial charge in [0.15, 0.2) is 0 Å². The molecule has 1 nitrogen and oxygen atoms in total. The number of hydrogen-bond acceptors (Lipinski definition) is 1. The average molecular weight is 264 g/mol. The van der Waals surface area contributed by atoms with Gasteiger partial charge in [-0.2, -0.15) is 0 Å². The molecule has 0 spiro atoms. The van der Waals surface area contributed by atoms with E-state index in [0.717, 1.165) is 24.0 Å². The largest absolute Gasteiger partial charge is 0.385 e. The Morgan fingerprint density at radius 1 is 1.30 bits per heavy atom. The molecule has 2 aromatic rings. The molecule has 0 aromatic heterocycles. The summed E-state index contributed by atoms with van der Waals surface area (Å²) < 4.78 is 0. The molecular formula is C19H20O. The first-order valence-corrected chi connectivity index (χ1v) is 7.10. The Bertz CT molecular complexity index is 698. The summed E-state index contributed by atoms with van der Waals surface area (Å²) in [5, 5.41) is 13.2. The van der Waals surface area contributed by atoms with Crippen LogP contribution in [0.4, 0.5) is 0 Å². The van der Waals surface area contributed by atoms with Gasteiger partial charge in [-0.1, -0.05) is 55.6 Å². The van der Waals surface area contributed by atoms with Crippen molar-refractivity contribution in [1.82, 2.24) is 0 Å². The quantitative estimate of drug-likeness (QED) is 0.799. The number of aliphatic hydroxyl groups is 1. The summed E-state index contributed by atoms with van der Waals surface area (Å²) in [6.07, 6.45) is 3.72. The maximum atomic E-state index is 10.8. The highest BCUT2D eigenvalue weighted by Crippen LogP contribution is 2.51. The zero-order valence-corrected chi connectivity index (χ0v) is 11.9. The molecule has 1 saturated carbocycles. The van der Waals surface area contributed by atoms with Crippen LogP contribution in [0.5, 0.6) is 0 Å². The van der Waals surface area contributed by atoms with Crippen LogP contribution < -0.4 is 0 Å². The van der Waals surface area contributed by atoms with E-state index in [1.807, 2.05) is 25.1 Å². The molecule has 20 heavy (non-hydrogen) atoms. The summed E-state index contributed by atoms with van der Waals surface area (Å²) >= 11 is 0. The van der Waals surface area contributed by atoms with Gasteiger partial charge in [0.05, 0.1) is 5.60 Å². The minimum atomic E-state index is -0.750. The lowest BCUT2D eigenvalue weighted by Crippen LogP contribution is -2.46. The van der Waals surface area contributed by atoms with Gasteiger partial charge in [0.1, 0.15) is 0 Å². The Kier molecular flexibility index (Phi) is 3.02. The number of benzene rings is 2. The lowest BCUT2D eigenvalue weighted by Gasteiger charge is -2.47. The first kappa shape index (κ1) is 13.1. The number of hydrogen-bond donors (Lipinski definition) is 1. The maximum absolute atomic E-state index is 10.8. The van der Waals surface area contributed by atoms with E-state index < -0.39 is 5.60 Å². The second kappa shape index (κ2) is 4.60. The predicted molar refractivity (Wildman–Crippen MR) is 85.8 cm³/mol. The van der Waals surface area contributed by atoms with E-state index in [1.165, 1.54) is 16.3 Å². The van der Waals surface area contributed by atoms with E-state index in [0.29, 0.717) is 0 Å². The molecule has 0 aliphatic heterocycles. The fraction of sp³-hybridized carbons (Fsp3) is 0.263. The Labute approximate surface area is 120 Å². The van der Waals surface area contributed by atoms with Gasteiger partial charge in [-0.15, -0.1) is 0 Å². The van der Waals surface area contributed by atoms with E-state index in [-0.39, 0.29) is 5.92 Å². The smallest absolute Gasteiger partial charge is 0.0920 e. The van der Waals surface area contributed by atoms with Crippen LogP contribution in [-0.4, -0.2) is 10.7 Å². The second-order valence-corrected chi connectivity index (χ2v) is 5.79. The van der Waals surface area contributed by atoms with Crippen LogP contribution in [0.1, 0.15) is 36.8 Å². The van der Waals surface area contributed by atoms with E-state index in [1.54, 1.807) is 0 Å². The van der Waals surface area contributed by atoms with Gasteiger partial charge in [0.25, 0.3) is 0 Å².